The van der Waals surface area contributed by atoms with Crippen LogP contribution in [0.4, 0.5) is 0 Å². The van der Waals surface area contributed by atoms with E-state index in [1.54, 1.807) is 12.1 Å². The largest absolute Gasteiger partial charge is 0.356 e. The Morgan fingerprint density at radius 1 is 1.11 bits per heavy atom. The zero-order valence-electron chi connectivity index (χ0n) is 20.1. The lowest BCUT2D eigenvalue weighted by Crippen LogP contribution is -2.18. The lowest BCUT2D eigenvalue weighted by Gasteiger charge is -2.23. The van der Waals surface area contributed by atoms with E-state index in [9.17, 15) is 8.42 Å². The molecule has 6 heteroatoms. The van der Waals surface area contributed by atoms with Gasteiger partial charge in [-0.25, -0.2) is 13.1 Å². The average Bonchev–Trinajstić information content (AvgIpc) is 3.31. The number of rotatable bonds is 6. The number of nitrogens with zero attached hydrogens (tertiary/aromatic N) is 2. The molecule has 35 heavy (non-hydrogen) atoms. The SMILES string of the molecule is CC/C(=C(\c1[c]cccc1)c1ccc2c(cnn2C2CCCCO2)c1)c1ccccc1S(C)(=O)=O. The first-order valence-corrected chi connectivity index (χ1v) is 14.0. The monoisotopic (exact) mass is 485 g/mol. The van der Waals surface area contributed by atoms with Crippen molar-refractivity contribution in [1.82, 2.24) is 9.78 Å². The lowest BCUT2D eigenvalue weighted by molar-refractivity contribution is -0.0366. The second-order valence-electron chi connectivity index (χ2n) is 8.94. The minimum Gasteiger partial charge on any atom is -0.356 e. The summed E-state index contributed by atoms with van der Waals surface area (Å²) in [5, 5.41) is 5.68. The molecule has 0 spiro atoms. The van der Waals surface area contributed by atoms with Crippen LogP contribution in [-0.4, -0.2) is 31.1 Å². The summed E-state index contributed by atoms with van der Waals surface area (Å²) in [5.74, 6) is 0. The van der Waals surface area contributed by atoms with Crippen LogP contribution >= 0.6 is 0 Å². The molecule has 1 saturated heterocycles. The molecule has 1 aliphatic rings. The number of hydrogen-bond acceptors (Lipinski definition) is 4. The molecule has 1 unspecified atom stereocenters. The third-order valence-corrected chi connectivity index (χ3v) is 7.71. The summed E-state index contributed by atoms with van der Waals surface area (Å²) in [6, 6.07) is 24.8. The number of aromatic nitrogens is 2. The van der Waals surface area contributed by atoms with Crippen LogP contribution in [0.2, 0.25) is 0 Å². The molecule has 5 nitrogen and oxygen atoms in total. The van der Waals surface area contributed by atoms with Gasteiger partial charge >= 0.3 is 0 Å². The molecule has 1 aliphatic heterocycles. The van der Waals surface area contributed by atoms with Gasteiger partial charge in [0.25, 0.3) is 0 Å². The summed E-state index contributed by atoms with van der Waals surface area (Å²) in [5.41, 5.74) is 5.64. The first-order chi connectivity index (χ1) is 17.0. The topological polar surface area (TPSA) is 61.2 Å². The predicted molar refractivity (Wildman–Crippen MR) is 140 cm³/mol. The Morgan fingerprint density at radius 3 is 2.66 bits per heavy atom. The fourth-order valence-electron chi connectivity index (χ4n) is 4.94. The highest BCUT2D eigenvalue weighted by Gasteiger charge is 2.22. The van der Waals surface area contributed by atoms with Crippen molar-refractivity contribution < 1.29 is 13.2 Å². The van der Waals surface area contributed by atoms with E-state index < -0.39 is 9.84 Å². The lowest BCUT2D eigenvalue weighted by atomic mass is 9.88. The molecule has 0 N–H and O–H groups in total. The van der Waals surface area contributed by atoms with Gasteiger partial charge in [-0.1, -0.05) is 55.5 Å². The van der Waals surface area contributed by atoms with Crippen LogP contribution in [0.1, 0.15) is 55.5 Å². The molecule has 3 aromatic carbocycles. The van der Waals surface area contributed by atoms with E-state index in [0.717, 1.165) is 64.6 Å². The first-order valence-electron chi connectivity index (χ1n) is 12.1. The standard InChI is InChI=1S/C29H29N2O3S/c1-3-24(25-13-7-8-14-27(25)35(2,32)33)29(21-11-5-4-6-12-21)22-16-17-26-23(19-22)20-30-31(26)28-15-9-10-18-34-28/h4-8,11,13-14,16-17,19-20,28H,3,9-10,15,18H2,1-2H3/b29-24-. The fraction of sp³-hybridized carbons (Fsp3) is 0.276. The zero-order valence-corrected chi connectivity index (χ0v) is 20.9. The van der Waals surface area contributed by atoms with Crippen molar-refractivity contribution in [2.24, 2.45) is 0 Å². The number of sulfone groups is 1. The molecule has 1 aromatic heterocycles. The maximum absolute atomic E-state index is 12.6. The van der Waals surface area contributed by atoms with Crippen molar-refractivity contribution in [2.75, 3.05) is 12.9 Å². The smallest absolute Gasteiger partial charge is 0.176 e. The van der Waals surface area contributed by atoms with Crippen molar-refractivity contribution in [3.8, 4) is 0 Å². The number of fused-ring (bicyclic) bond motifs is 1. The third kappa shape index (κ3) is 4.68. The van der Waals surface area contributed by atoms with Gasteiger partial charge in [-0.15, -0.1) is 0 Å². The molecule has 1 atom stereocenters. The Morgan fingerprint density at radius 2 is 1.94 bits per heavy atom. The van der Waals surface area contributed by atoms with Gasteiger partial charge in [-0.2, -0.15) is 5.10 Å². The summed E-state index contributed by atoms with van der Waals surface area (Å²) < 4.78 is 33.2. The second-order valence-corrected chi connectivity index (χ2v) is 10.9. The molecule has 0 bridgehead atoms. The van der Waals surface area contributed by atoms with Gasteiger partial charge in [0, 0.05) is 18.2 Å². The van der Waals surface area contributed by atoms with E-state index in [2.05, 4.69) is 36.3 Å². The van der Waals surface area contributed by atoms with Gasteiger partial charge < -0.3 is 4.74 Å². The molecule has 5 rings (SSSR count). The number of ether oxygens (including phenoxy) is 1. The highest BCUT2D eigenvalue weighted by atomic mass is 32.2. The Labute approximate surface area is 207 Å². The van der Waals surface area contributed by atoms with Crippen molar-refractivity contribution in [3.05, 3.63) is 95.7 Å². The fourth-order valence-corrected chi connectivity index (χ4v) is 5.85. The number of allylic oxidation sites excluding steroid dienone is 1. The maximum Gasteiger partial charge on any atom is 0.176 e. The van der Waals surface area contributed by atoms with Gasteiger partial charge in [0.05, 0.1) is 16.6 Å². The molecular weight excluding hydrogens is 456 g/mol. The Bertz CT molecular complexity index is 1480. The Kier molecular flexibility index (Phi) is 6.58. The number of hydrogen-bond donors (Lipinski definition) is 0. The van der Waals surface area contributed by atoms with E-state index in [-0.39, 0.29) is 6.23 Å². The van der Waals surface area contributed by atoms with Crippen LogP contribution < -0.4 is 0 Å². The van der Waals surface area contributed by atoms with Crippen LogP contribution in [0.15, 0.2) is 77.8 Å². The molecular formula is C29H29N2O3S. The van der Waals surface area contributed by atoms with Gasteiger partial charge in [-0.3, -0.25) is 0 Å². The normalized spacial score (nSPS) is 17.4. The Hall–Kier alpha value is -3.22. The minimum absolute atomic E-state index is 0.0302. The summed E-state index contributed by atoms with van der Waals surface area (Å²) in [7, 11) is -3.40. The molecule has 2 heterocycles. The van der Waals surface area contributed by atoms with E-state index in [4.69, 9.17) is 4.74 Å². The van der Waals surface area contributed by atoms with Crippen LogP contribution in [0.5, 0.6) is 0 Å². The number of benzene rings is 3. The molecule has 1 radical (unpaired) electrons. The minimum atomic E-state index is -3.40. The molecule has 179 valence electrons. The van der Waals surface area contributed by atoms with E-state index in [0.29, 0.717) is 11.3 Å². The summed E-state index contributed by atoms with van der Waals surface area (Å²) >= 11 is 0. The first kappa shape index (κ1) is 23.5. The van der Waals surface area contributed by atoms with Gasteiger partial charge in [-0.05, 0) is 77.8 Å². The van der Waals surface area contributed by atoms with Gasteiger partial charge in [0.2, 0.25) is 0 Å². The van der Waals surface area contributed by atoms with E-state index in [1.165, 1.54) is 6.26 Å². The molecule has 4 aromatic rings. The molecule has 0 amide bonds. The van der Waals surface area contributed by atoms with Crippen molar-refractivity contribution in [3.63, 3.8) is 0 Å². The quantitative estimate of drug-likeness (QED) is 0.300. The maximum atomic E-state index is 12.6. The van der Waals surface area contributed by atoms with Gasteiger partial charge in [0.1, 0.15) is 0 Å². The predicted octanol–water partition coefficient (Wildman–Crippen LogP) is 6.31. The van der Waals surface area contributed by atoms with Crippen LogP contribution in [-0.2, 0) is 14.6 Å². The third-order valence-electron chi connectivity index (χ3n) is 6.56. The Balaban J connectivity index is 1.72. The zero-order chi connectivity index (χ0) is 24.4. The van der Waals surface area contributed by atoms with Crippen molar-refractivity contribution in [1.29, 1.82) is 0 Å². The highest BCUT2D eigenvalue weighted by Crippen LogP contribution is 2.38. The summed E-state index contributed by atoms with van der Waals surface area (Å²) in [6.45, 7) is 2.83. The van der Waals surface area contributed by atoms with Gasteiger partial charge in [0.15, 0.2) is 16.1 Å². The summed E-state index contributed by atoms with van der Waals surface area (Å²) in [6.07, 6.45) is 6.98. The molecule has 0 aliphatic carbocycles. The van der Waals surface area contributed by atoms with Crippen LogP contribution in [0.3, 0.4) is 0 Å². The van der Waals surface area contributed by atoms with Crippen LogP contribution in [0, 0.1) is 6.07 Å². The molecule has 0 saturated carbocycles. The van der Waals surface area contributed by atoms with E-state index >= 15 is 0 Å². The summed E-state index contributed by atoms with van der Waals surface area (Å²) in [4.78, 5) is 0.341. The highest BCUT2D eigenvalue weighted by molar-refractivity contribution is 7.90. The van der Waals surface area contributed by atoms with E-state index in [1.807, 2.05) is 47.3 Å². The van der Waals surface area contributed by atoms with Crippen molar-refractivity contribution in [2.45, 2.75) is 43.7 Å². The second kappa shape index (κ2) is 9.80. The average molecular weight is 486 g/mol. The van der Waals surface area contributed by atoms with Crippen LogP contribution in [0.25, 0.3) is 22.0 Å². The molecule has 1 fully saturated rings. The van der Waals surface area contributed by atoms with Crippen molar-refractivity contribution >= 4 is 31.9 Å².